The molecule has 1 aliphatic rings. The highest BCUT2D eigenvalue weighted by atomic mass is 16.5. The molecule has 6 nitrogen and oxygen atoms in total. The lowest BCUT2D eigenvalue weighted by molar-refractivity contribution is 0.414. The first-order valence-corrected chi connectivity index (χ1v) is 8.46. The first kappa shape index (κ1) is 15.6. The Morgan fingerprint density at radius 2 is 1.72 bits per heavy atom. The highest BCUT2D eigenvalue weighted by Gasteiger charge is 2.21. The number of hydrogen-bond donors (Lipinski definition) is 0. The molecular weight excluding hydrogens is 314 g/mol. The summed E-state index contributed by atoms with van der Waals surface area (Å²) in [6.45, 7) is 5.70. The Morgan fingerprint density at radius 3 is 2.52 bits per heavy atom. The molecule has 0 amide bonds. The van der Waals surface area contributed by atoms with E-state index >= 15 is 0 Å². The summed E-state index contributed by atoms with van der Waals surface area (Å²) in [5, 5.41) is 1.12. The number of benzene rings is 1. The highest BCUT2D eigenvalue weighted by Crippen LogP contribution is 2.26. The maximum Gasteiger partial charge on any atom is 0.140 e. The van der Waals surface area contributed by atoms with E-state index in [1.165, 1.54) is 5.56 Å². The maximum atomic E-state index is 5.30. The van der Waals surface area contributed by atoms with E-state index in [-0.39, 0.29) is 0 Å². The van der Waals surface area contributed by atoms with Gasteiger partial charge in [0, 0.05) is 43.8 Å². The summed E-state index contributed by atoms with van der Waals surface area (Å²) in [5.41, 5.74) is 2.22. The van der Waals surface area contributed by atoms with Crippen molar-refractivity contribution < 1.29 is 4.74 Å². The van der Waals surface area contributed by atoms with Crippen molar-refractivity contribution in [2.75, 3.05) is 43.1 Å². The van der Waals surface area contributed by atoms with E-state index < -0.39 is 0 Å². The van der Waals surface area contributed by atoms with Crippen molar-refractivity contribution >= 4 is 22.5 Å². The van der Waals surface area contributed by atoms with Crippen LogP contribution in [0, 0.1) is 6.92 Å². The molecule has 0 spiro atoms. The molecule has 0 aliphatic carbocycles. The van der Waals surface area contributed by atoms with E-state index in [0.29, 0.717) is 0 Å². The van der Waals surface area contributed by atoms with Crippen molar-refractivity contribution in [2.24, 2.45) is 0 Å². The lowest BCUT2D eigenvalue weighted by Gasteiger charge is -2.36. The number of aryl methyl sites for hydroxylation is 1. The van der Waals surface area contributed by atoms with E-state index in [2.05, 4.69) is 49.9 Å². The zero-order valence-electron chi connectivity index (χ0n) is 14.5. The number of anilines is 2. The van der Waals surface area contributed by atoms with Crippen LogP contribution in [0.15, 0.2) is 42.9 Å². The number of aromatic nitrogens is 3. The second kappa shape index (κ2) is 6.55. The third-order valence-electron chi connectivity index (χ3n) is 4.63. The molecule has 1 aliphatic heterocycles. The third-order valence-corrected chi connectivity index (χ3v) is 4.63. The highest BCUT2D eigenvalue weighted by molar-refractivity contribution is 5.89. The lowest BCUT2D eigenvalue weighted by atomic mass is 10.1. The molecule has 1 fully saturated rings. The molecular formula is C19H21N5O. The fourth-order valence-corrected chi connectivity index (χ4v) is 3.26. The molecule has 0 atom stereocenters. The summed E-state index contributed by atoms with van der Waals surface area (Å²) in [5.74, 6) is 2.82. The van der Waals surface area contributed by atoms with Gasteiger partial charge in [-0.05, 0) is 25.1 Å². The number of piperazine rings is 1. The van der Waals surface area contributed by atoms with Crippen molar-refractivity contribution in [3.8, 4) is 5.75 Å². The number of hydrogen-bond acceptors (Lipinski definition) is 6. The predicted octanol–water partition coefficient (Wildman–Crippen LogP) is 2.67. The van der Waals surface area contributed by atoms with Crippen molar-refractivity contribution in [1.82, 2.24) is 15.0 Å². The Labute approximate surface area is 147 Å². The number of ether oxygens (including phenoxy) is 1. The molecule has 0 radical (unpaired) electrons. The molecule has 0 bridgehead atoms. The second-order valence-corrected chi connectivity index (χ2v) is 6.25. The Hall–Kier alpha value is -2.89. The Balaban J connectivity index is 1.55. The molecule has 1 saturated heterocycles. The van der Waals surface area contributed by atoms with E-state index in [1.807, 2.05) is 12.1 Å². The van der Waals surface area contributed by atoms with Crippen LogP contribution < -0.4 is 14.5 Å². The summed E-state index contributed by atoms with van der Waals surface area (Å²) in [7, 11) is 1.68. The van der Waals surface area contributed by atoms with Gasteiger partial charge in [0.05, 0.1) is 12.6 Å². The maximum absolute atomic E-state index is 5.30. The minimum absolute atomic E-state index is 0.838. The summed E-state index contributed by atoms with van der Waals surface area (Å²) in [6, 6.07) is 10.2. The monoisotopic (exact) mass is 335 g/mol. The minimum Gasteiger partial charge on any atom is -0.497 e. The van der Waals surface area contributed by atoms with Gasteiger partial charge in [0.25, 0.3) is 0 Å². The van der Waals surface area contributed by atoms with Crippen LogP contribution in [0.2, 0.25) is 0 Å². The van der Waals surface area contributed by atoms with E-state index in [0.717, 1.165) is 54.5 Å². The molecule has 2 aromatic heterocycles. The molecule has 6 heteroatoms. The summed E-state index contributed by atoms with van der Waals surface area (Å²) in [6.07, 6.45) is 3.45. The summed E-state index contributed by atoms with van der Waals surface area (Å²) >= 11 is 0. The normalized spacial score (nSPS) is 14.8. The van der Waals surface area contributed by atoms with Gasteiger partial charge in [-0.3, -0.25) is 0 Å². The third kappa shape index (κ3) is 3.07. The van der Waals surface area contributed by atoms with Crippen LogP contribution in [0.25, 0.3) is 10.9 Å². The van der Waals surface area contributed by atoms with Gasteiger partial charge >= 0.3 is 0 Å². The number of nitrogens with zero attached hydrogens (tertiary/aromatic N) is 5. The molecule has 25 heavy (non-hydrogen) atoms. The number of pyridine rings is 1. The molecule has 3 aromatic rings. The van der Waals surface area contributed by atoms with E-state index in [1.54, 1.807) is 19.6 Å². The molecule has 0 saturated carbocycles. The van der Waals surface area contributed by atoms with Gasteiger partial charge in [0.2, 0.25) is 0 Å². The summed E-state index contributed by atoms with van der Waals surface area (Å²) in [4.78, 5) is 18.0. The fraction of sp³-hybridized carbons (Fsp3) is 0.316. The Kier molecular flexibility index (Phi) is 4.09. The molecule has 1 aromatic carbocycles. The second-order valence-electron chi connectivity index (χ2n) is 6.25. The van der Waals surface area contributed by atoms with Crippen LogP contribution >= 0.6 is 0 Å². The van der Waals surface area contributed by atoms with Crippen molar-refractivity contribution in [2.45, 2.75) is 6.92 Å². The van der Waals surface area contributed by atoms with Gasteiger partial charge < -0.3 is 14.5 Å². The van der Waals surface area contributed by atoms with Crippen molar-refractivity contribution in [3.63, 3.8) is 0 Å². The molecule has 0 N–H and O–H groups in total. The topological polar surface area (TPSA) is 54.4 Å². The first-order valence-electron chi connectivity index (χ1n) is 8.46. The van der Waals surface area contributed by atoms with Gasteiger partial charge in [0.1, 0.15) is 23.7 Å². The average Bonchev–Trinajstić information content (AvgIpc) is 2.67. The largest absolute Gasteiger partial charge is 0.497 e. The van der Waals surface area contributed by atoms with Crippen LogP contribution in [0.3, 0.4) is 0 Å². The zero-order chi connectivity index (χ0) is 17.2. The molecule has 128 valence electrons. The number of rotatable bonds is 3. The predicted molar refractivity (Wildman–Crippen MR) is 99.5 cm³/mol. The SMILES string of the molecule is COc1ccnc(N2CCN(c3ncnc4ccc(C)cc34)CC2)c1. The van der Waals surface area contributed by atoms with Crippen LogP contribution in [0.1, 0.15) is 5.56 Å². The number of fused-ring (bicyclic) bond motifs is 1. The van der Waals surface area contributed by atoms with Gasteiger partial charge in [-0.1, -0.05) is 11.6 Å². The van der Waals surface area contributed by atoms with Crippen LogP contribution in [0.4, 0.5) is 11.6 Å². The van der Waals surface area contributed by atoms with Gasteiger partial charge in [0.15, 0.2) is 0 Å². The van der Waals surface area contributed by atoms with Crippen LogP contribution in [0.5, 0.6) is 5.75 Å². The smallest absolute Gasteiger partial charge is 0.140 e. The zero-order valence-corrected chi connectivity index (χ0v) is 14.5. The number of methoxy groups -OCH3 is 1. The van der Waals surface area contributed by atoms with Gasteiger partial charge in [-0.2, -0.15) is 0 Å². The van der Waals surface area contributed by atoms with E-state index in [4.69, 9.17) is 4.74 Å². The standard InChI is InChI=1S/C19H21N5O/c1-14-3-4-17-16(11-14)19(22-13-21-17)24-9-7-23(8-10-24)18-12-15(25-2)5-6-20-18/h3-6,11-13H,7-10H2,1-2H3. The lowest BCUT2D eigenvalue weighted by Crippen LogP contribution is -2.47. The van der Waals surface area contributed by atoms with Crippen LogP contribution in [-0.4, -0.2) is 48.2 Å². The van der Waals surface area contributed by atoms with Gasteiger partial charge in [-0.15, -0.1) is 0 Å². The van der Waals surface area contributed by atoms with Crippen LogP contribution in [-0.2, 0) is 0 Å². The Bertz CT molecular complexity index is 890. The molecule has 3 heterocycles. The minimum atomic E-state index is 0.838. The quantitative estimate of drug-likeness (QED) is 0.733. The molecule has 0 unspecified atom stereocenters. The van der Waals surface area contributed by atoms with E-state index in [9.17, 15) is 0 Å². The van der Waals surface area contributed by atoms with Crippen molar-refractivity contribution in [3.05, 3.63) is 48.4 Å². The fourth-order valence-electron chi connectivity index (χ4n) is 3.26. The first-order chi connectivity index (χ1) is 12.2. The summed E-state index contributed by atoms with van der Waals surface area (Å²) < 4.78 is 5.30. The average molecular weight is 335 g/mol. The Morgan fingerprint density at radius 1 is 0.920 bits per heavy atom. The van der Waals surface area contributed by atoms with Gasteiger partial charge in [-0.25, -0.2) is 15.0 Å². The van der Waals surface area contributed by atoms with Crippen molar-refractivity contribution in [1.29, 1.82) is 0 Å². The molecule has 4 rings (SSSR count).